The van der Waals surface area contributed by atoms with Gasteiger partial charge in [0.05, 0.1) is 22.6 Å². The maximum atomic E-state index is 14.8. The van der Waals surface area contributed by atoms with E-state index in [-0.39, 0.29) is 43.0 Å². The average molecular weight is 718 g/mol. The molecule has 3 atom stereocenters. The lowest BCUT2D eigenvalue weighted by atomic mass is 9.96. The lowest BCUT2D eigenvalue weighted by Crippen LogP contribution is -2.59. The largest absolute Gasteiger partial charge is 0.390 e. The van der Waals surface area contributed by atoms with Gasteiger partial charge in [0.25, 0.3) is 5.91 Å². The maximum absolute atomic E-state index is 14.8. The lowest BCUT2D eigenvalue weighted by molar-refractivity contribution is -0.140. The van der Waals surface area contributed by atoms with Crippen molar-refractivity contribution in [2.45, 2.75) is 114 Å². The minimum Gasteiger partial charge on any atom is -0.390 e. The number of hydrazone groups is 1. The van der Waals surface area contributed by atoms with Gasteiger partial charge in [-0.05, 0) is 67.3 Å². The molecule has 1 fully saturated rings. The number of carbonyl (C=O) groups excluding carboxylic acids is 3. The first-order valence-electron chi connectivity index (χ1n) is 17.4. The van der Waals surface area contributed by atoms with Crippen LogP contribution in [0.2, 0.25) is 0 Å². The molecule has 11 nitrogen and oxygen atoms in total. The molecule has 0 aromatic heterocycles. The molecule has 2 aromatic rings. The van der Waals surface area contributed by atoms with Crippen LogP contribution in [0.1, 0.15) is 88.8 Å². The zero-order valence-corrected chi connectivity index (χ0v) is 29.8. The number of sulfone groups is 1. The summed E-state index contributed by atoms with van der Waals surface area (Å²) >= 11 is 0. The number of nitrogens with two attached hydrogens (primary N) is 1. The standard InChI is InChI=1S/C36H49F2N5O6S/c1-4-8-28(9-5-2)50(48,49)22-31(40-34(46)30-12-13-33(45)42-41-30)35(47)43(36(14-15-36)25-11-7-10-23(6-3)16-25)21-32(44)29(39)19-24-17-26(37)20-27(38)18-24/h7,10-11,16-18,20,28-29,31-32,44H,4-6,8-9,12-15,19,21-22,39H2,1-3H3,(H,40,46)(H,42,45)/t29-,31?,32+/m0/s1. The molecule has 0 spiro atoms. The van der Waals surface area contributed by atoms with E-state index in [1.165, 1.54) is 4.90 Å². The van der Waals surface area contributed by atoms with Gasteiger partial charge >= 0.3 is 0 Å². The highest BCUT2D eigenvalue weighted by atomic mass is 32.2. The summed E-state index contributed by atoms with van der Waals surface area (Å²) in [4.78, 5) is 41.4. The summed E-state index contributed by atoms with van der Waals surface area (Å²) in [6.45, 7) is 5.41. The first kappa shape index (κ1) is 39.0. The van der Waals surface area contributed by atoms with Gasteiger partial charge in [-0.25, -0.2) is 22.6 Å². The molecule has 5 N–H and O–H groups in total. The number of aliphatic hydroxyl groups is 1. The van der Waals surface area contributed by atoms with Gasteiger partial charge in [0.2, 0.25) is 11.8 Å². The van der Waals surface area contributed by atoms with Crippen LogP contribution in [0.15, 0.2) is 47.6 Å². The third kappa shape index (κ3) is 9.73. The average Bonchev–Trinajstić information content (AvgIpc) is 3.88. The van der Waals surface area contributed by atoms with Gasteiger partial charge in [-0.15, -0.1) is 0 Å². The van der Waals surface area contributed by atoms with E-state index in [0.717, 1.165) is 35.7 Å². The molecular formula is C36H49F2N5O6S. The van der Waals surface area contributed by atoms with E-state index in [4.69, 9.17) is 5.73 Å². The minimum atomic E-state index is -3.93. The van der Waals surface area contributed by atoms with Crippen LogP contribution >= 0.6 is 0 Å². The molecule has 1 aliphatic carbocycles. The topological polar surface area (TPSA) is 171 Å². The van der Waals surface area contributed by atoms with Crippen LogP contribution in [-0.4, -0.2) is 77.6 Å². The summed E-state index contributed by atoms with van der Waals surface area (Å²) in [6.07, 6.45) is 2.22. The van der Waals surface area contributed by atoms with Gasteiger partial charge in [-0.3, -0.25) is 14.4 Å². The Bertz CT molecular complexity index is 1660. The first-order valence-corrected chi connectivity index (χ1v) is 19.1. The fraction of sp³-hybridized carbons (Fsp3) is 0.556. The van der Waals surface area contributed by atoms with Crippen molar-refractivity contribution in [1.29, 1.82) is 0 Å². The van der Waals surface area contributed by atoms with Crippen LogP contribution in [0.5, 0.6) is 0 Å². The van der Waals surface area contributed by atoms with Gasteiger partial charge in [-0.2, -0.15) is 5.10 Å². The second kappa shape index (κ2) is 17.0. The molecule has 1 aliphatic heterocycles. The van der Waals surface area contributed by atoms with E-state index in [9.17, 15) is 36.7 Å². The summed E-state index contributed by atoms with van der Waals surface area (Å²) in [5.41, 5.74) is 9.67. The van der Waals surface area contributed by atoms with Crippen LogP contribution in [0.3, 0.4) is 0 Å². The second-order valence-electron chi connectivity index (χ2n) is 13.4. The molecular weight excluding hydrogens is 668 g/mol. The second-order valence-corrected chi connectivity index (χ2v) is 15.7. The van der Waals surface area contributed by atoms with Crippen molar-refractivity contribution in [1.82, 2.24) is 15.6 Å². The Balaban J connectivity index is 1.73. The van der Waals surface area contributed by atoms with Crippen molar-refractivity contribution in [3.05, 3.63) is 70.8 Å². The van der Waals surface area contributed by atoms with Crippen molar-refractivity contribution >= 4 is 33.3 Å². The Hall–Kier alpha value is -3.75. The maximum Gasteiger partial charge on any atom is 0.268 e. The fourth-order valence-corrected chi connectivity index (χ4v) is 8.76. The number of nitrogens with one attached hydrogen (secondary N) is 2. The van der Waals surface area contributed by atoms with Crippen LogP contribution in [0.4, 0.5) is 8.78 Å². The molecule has 2 aliphatic rings. The van der Waals surface area contributed by atoms with E-state index >= 15 is 0 Å². The van der Waals surface area contributed by atoms with Crippen molar-refractivity contribution in [2.24, 2.45) is 10.8 Å². The predicted molar refractivity (Wildman–Crippen MR) is 187 cm³/mol. The molecule has 274 valence electrons. The molecule has 3 amide bonds. The normalized spacial score (nSPS) is 17.4. The van der Waals surface area contributed by atoms with Crippen molar-refractivity contribution in [2.75, 3.05) is 12.3 Å². The lowest BCUT2D eigenvalue weighted by Gasteiger charge is -2.38. The minimum absolute atomic E-state index is 0.000534. The molecule has 1 unspecified atom stereocenters. The van der Waals surface area contributed by atoms with Crippen LogP contribution in [0.25, 0.3) is 0 Å². The molecule has 0 radical (unpaired) electrons. The number of aryl methyl sites for hydroxylation is 1. The molecule has 50 heavy (non-hydrogen) atoms. The third-order valence-corrected chi connectivity index (χ3v) is 11.8. The number of carbonyl (C=O) groups is 3. The summed E-state index contributed by atoms with van der Waals surface area (Å²) < 4.78 is 55.7. The SMILES string of the molecule is CCCC(CCC)S(=O)(=O)CC(NC(=O)C1=NNC(=O)CC1)C(=O)N(C[C@@H](O)[C@@H](N)Cc1cc(F)cc(F)c1)C1(c2cccc(CC)c2)CC1. The number of nitrogens with zero attached hydrogens (tertiary/aromatic N) is 2. The number of halogens is 2. The van der Waals surface area contributed by atoms with Gasteiger partial charge in [-0.1, -0.05) is 57.9 Å². The molecule has 0 saturated heterocycles. The van der Waals surface area contributed by atoms with Gasteiger partial charge in [0, 0.05) is 31.5 Å². The van der Waals surface area contributed by atoms with E-state index < -0.39 is 68.0 Å². The number of aliphatic hydroxyl groups excluding tert-OH is 1. The van der Waals surface area contributed by atoms with Gasteiger partial charge in [0.1, 0.15) is 23.4 Å². The van der Waals surface area contributed by atoms with E-state index in [1.54, 1.807) is 0 Å². The highest BCUT2D eigenvalue weighted by molar-refractivity contribution is 7.92. The van der Waals surface area contributed by atoms with Crippen molar-refractivity contribution in [3.63, 3.8) is 0 Å². The summed E-state index contributed by atoms with van der Waals surface area (Å²) in [5, 5.41) is 17.2. The summed E-state index contributed by atoms with van der Waals surface area (Å²) in [6, 6.07) is 8.02. The highest BCUT2D eigenvalue weighted by Crippen LogP contribution is 2.51. The highest BCUT2D eigenvalue weighted by Gasteiger charge is 2.54. The molecule has 0 bridgehead atoms. The van der Waals surface area contributed by atoms with Gasteiger partial charge < -0.3 is 21.1 Å². The smallest absolute Gasteiger partial charge is 0.268 e. The predicted octanol–water partition coefficient (Wildman–Crippen LogP) is 3.41. The third-order valence-electron chi connectivity index (χ3n) is 9.53. The Morgan fingerprint density at radius 1 is 1.04 bits per heavy atom. The van der Waals surface area contributed by atoms with E-state index in [2.05, 4.69) is 15.8 Å². The Morgan fingerprint density at radius 3 is 2.26 bits per heavy atom. The van der Waals surface area contributed by atoms with E-state index in [1.807, 2.05) is 45.0 Å². The van der Waals surface area contributed by atoms with E-state index in [0.29, 0.717) is 38.5 Å². The van der Waals surface area contributed by atoms with Crippen LogP contribution < -0.4 is 16.5 Å². The summed E-state index contributed by atoms with van der Waals surface area (Å²) in [7, 11) is -3.93. The number of hydrogen-bond donors (Lipinski definition) is 4. The molecule has 1 heterocycles. The fourth-order valence-electron chi connectivity index (χ4n) is 6.61. The molecule has 4 rings (SSSR count). The monoisotopic (exact) mass is 717 g/mol. The van der Waals surface area contributed by atoms with Crippen LogP contribution in [-0.2, 0) is 42.6 Å². The Labute approximate surface area is 293 Å². The number of benzene rings is 2. The van der Waals surface area contributed by atoms with Crippen molar-refractivity contribution in [3.8, 4) is 0 Å². The quantitative estimate of drug-likeness (QED) is 0.183. The number of hydrogen-bond acceptors (Lipinski definition) is 8. The number of rotatable bonds is 18. The zero-order valence-electron chi connectivity index (χ0n) is 29.0. The Kier molecular flexibility index (Phi) is 13.3. The zero-order chi connectivity index (χ0) is 36.6. The number of amides is 3. The molecule has 2 aromatic carbocycles. The summed E-state index contributed by atoms with van der Waals surface area (Å²) in [5.74, 6) is -4.16. The Morgan fingerprint density at radius 2 is 1.70 bits per heavy atom. The molecule has 1 saturated carbocycles. The van der Waals surface area contributed by atoms with Crippen LogP contribution in [0, 0.1) is 11.6 Å². The van der Waals surface area contributed by atoms with Gasteiger partial charge in [0.15, 0.2) is 9.84 Å². The van der Waals surface area contributed by atoms with Crippen molar-refractivity contribution < 1.29 is 36.7 Å². The molecule has 14 heteroatoms. The first-order chi connectivity index (χ1) is 23.7.